The molecule has 7 aliphatic rings. The summed E-state index contributed by atoms with van der Waals surface area (Å²) in [5.41, 5.74) is 1.54. The van der Waals surface area contributed by atoms with Crippen molar-refractivity contribution < 1.29 is 19.0 Å². The molecular formula is C36H60N2O4. The Hall–Kier alpha value is -0.690. The van der Waals surface area contributed by atoms with Gasteiger partial charge in [-0.25, -0.2) is 0 Å². The van der Waals surface area contributed by atoms with Crippen LogP contribution < -0.4 is 5.32 Å². The SMILES string of the molecule is CNC[C@H]1C[C@@H](C)C2[C@@H](CC3[C@@H]4CCC5C(C)(C)[C@@H](OC6CN(C(=O)C(C)C)CCO6)CC[C@@]56C(C)[C@@]46CC[C@]23C)O1. The molecule has 2 saturated heterocycles. The average molecular weight is 585 g/mol. The van der Waals surface area contributed by atoms with Crippen LogP contribution in [0.1, 0.15) is 99.8 Å². The number of nitrogens with one attached hydrogen (secondary N) is 1. The number of nitrogens with zero attached hydrogens (tertiary/aromatic N) is 1. The predicted octanol–water partition coefficient (Wildman–Crippen LogP) is 6.13. The van der Waals surface area contributed by atoms with E-state index < -0.39 is 0 Å². The van der Waals surface area contributed by atoms with Gasteiger partial charge in [-0.15, -0.1) is 0 Å². The van der Waals surface area contributed by atoms with Gasteiger partial charge >= 0.3 is 0 Å². The van der Waals surface area contributed by atoms with Crippen LogP contribution >= 0.6 is 0 Å². The number of likely N-dealkylation sites (N-methyl/N-ethyl adjacent to an activating group) is 1. The molecule has 238 valence electrons. The van der Waals surface area contributed by atoms with Crippen molar-refractivity contribution in [1.29, 1.82) is 0 Å². The fourth-order valence-corrected chi connectivity index (χ4v) is 13.7. The highest BCUT2D eigenvalue weighted by atomic mass is 16.7. The molecule has 0 aromatic rings. The van der Waals surface area contributed by atoms with Crippen molar-refractivity contribution >= 4 is 5.91 Å². The number of amides is 1. The molecule has 5 aliphatic carbocycles. The molecular weight excluding hydrogens is 524 g/mol. The molecule has 0 aromatic heterocycles. The highest BCUT2D eigenvalue weighted by Crippen LogP contribution is 2.89. The molecule has 6 heteroatoms. The van der Waals surface area contributed by atoms with Gasteiger partial charge in [-0.05, 0) is 116 Å². The van der Waals surface area contributed by atoms with Gasteiger partial charge < -0.3 is 24.4 Å². The predicted molar refractivity (Wildman–Crippen MR) is 165 cm³/mol. The normalized spacial score (nSPS) is 52.5. The van der Waals surface area contributed by atoms with Gasteiger partial charge in [0.05, 0.1) is 31.5 Å². The topological polar surface area (TPSA) is 60.0 Å². The minimum atomic E-state index is -0.298. The Morgan fingerprint density at radius 3 is 2.55 bits per heavy atom. The maximum absolute atomic E-state index is 12.7. The number of hydrogen-bond acceptors (Lipinski definition) is 5. The standard InChI is InChI=1S/C36H60N2O4/c1-21(2)32(39)38-15-16-40-30(20-38)42-29-11-12-36-23(4)35(36)14-13-34(7)26(25(35)9-10-28(36)33(29,5)6)18-27-31(34)22(3)17-24(41-27)19-37-8/h21-31,37H,9-20H2,1-8H3/t22-,23?,24-,25+,26?,27-,28?,29+,30?,31?,34+,35+,36-/m1/s1. The van der Waals surface area contributed by atoms with E-state index in [0.717, 1.165) is 42.6 Å². The molecule has 2 spiro atoms. The van der Waals surface area contributed by atoms with Crippen LogP contribution in [0.3, 0.4) is 0 Å². The lowest BCUT2D eigenvalue weighted by atomic mass is 9.46. The van der Waals surface area contributed by atoms with Crippen LogP contribution in [0.25, 0.3) is 0 Å². The van der Waals surface area contributed by atoms with Crippen molar-refractivity contribution in [2.24, 2.45) is 63.1 Å². The zero-order valence-corrected chi connectivity index (χ0v) is 27.9. The largest absolute Gasteiger partial charge is 0.373 e. The molecule has 2 heterocycles. The molecule has 0 aromatic carbocycles. The summed E-state index contributed by atoms with van der Waals surface area (Å²) < 4.78 is 19.8. The number of hydrogen-bond donors (Lipinski definition) is 1. The maximum Gasteiger partial charge on any atom is 0.225 e. The number of rotatable bonds is 5. The van der Waals surface area contributed by atoms with E-state index in [1.54, 1.807) is 0 Å². The molecule has 0 radical (unpaired) electrons. The summed E-state index contributed by atoms with van der Waals surface area (Å²) in [5.74, 6) is 4.92. The minimum Gasteiger partial charge on any atom is -0.373 e. The van der Waals surface area contributed by atoms with Crippen LogP contribution in [-0.4, -0.2) is 68.7 Å². The molecule has 2 aliphatic heterocycles. The van der Waals surface area contributed by atoms with Crippen molar-refractivity contribution in [2.75, 3.05) is 33.3 Å². The third-order valence-electron chi connectivity index (χ3n) is 15.2. The average Bonchev–Trinajstić information content (AvgIpc) is 3.31. The van der Waals surface area contributed by atoms with Crippen molar-refractivity contribution in [3.8, 4) is 0 Å². The Bertz CT molecular complexity index is 1060. The smallest absolute Gasteiger partial charge is 0.225 e. The summed E-state index contributed by atoms with van der Waals surface area (Å²) in [5, 5.41) is 3.39. The summed E-state index contributed by atoms with van der Waals surface area (Å²) >= 11 is 0. The first-order valence-electron chi connectivity index (χ1n) is 17.8. The van der Waals surface area contributed by atoms with E-state index in [9.17, 15) is 4.79 Å². The lowest BCUT2D eigenvalue weighted by Crippen LogP contribution is -2.56. The van der Waals surface area contributed by atoms with Crippen molar-refractivity contribution in [3.05, 3.63) is 0 Å². The summed E-state index contributed by atoms with van der Waals surface area (Å²) in [6.07, 6.45) is 11.2. The number of carbonyl (C=O) groups excluding carboxylic acids is 1. The van der Waals surface area contributed by atoms with Crippen LogP contribution in [0.15, 0.2) is 0 Å². The molecule has 0 bridgehead atoms. The van der Waals surface area contributed by atoms with Crippen LogP contribution in [0.2, 0.25) is 0 Å². The number of carbonyl (C=O) groups is 1. The van der Waals surface area contributed by atoms with Gasteiger partial charge in [-0.2, -0.15) is 0 Å². The fourth-order valence-electron chi connectivity index (χ4n) is 13.7. The lowest BCUT2D eigenvalue weighted by Gasteiger charge is -2.60. The maximum atomic E-state index is 12.7. The number of ether oxygens (including phenoxy) is 3. The van der Waals surface area contributed by atoms with E-state index in [1.165, 1.54) is 44.9 Å². The Balaban J connectivity index is 1.09. The van der Waals surface area contributed by atoms with E-state index in [1.807, 2.05) is 18.7 Å². The second-order valence-corrected chi connectivity index (χ2v) is 17.2. The monoisotopic (exact) mass is 584 g/mol. The molecule has 5 saturated carbocycles. The molecule has 5 unspecified atom stereocenters. The third kappa shape index (κ3) is 3.92. The first-order valence-corrected chi connectivity index (χ1v) is 17.8. The van der Waals surface area contributed by atoms with Gasteiger partial charge in [0.2, 0.25) is 5.91 Å². The van der Waals surface area contributed by atoms with Crippen molar-refractivity contribution in [3.63, 3.8) is 0 Å². The molecule has 6 nitrogen and oxygen atoms in total. The second-order valence-electron chi connectivity index (χ2n) is 17.2. The van der Waals surface area contributed by atoms with E-state index in [0.29, 0.717) is 54.1 Å². The van der Waals surface area contributed by atoms with Crippen LogP contribution in [0.5, 0.6) is 0 Å². The van der Waals surface area contributed by atoms with Gasteiger partial charge in [-0.3, -0.25) is 4.79 Å². The van der Waals surface area contributed by atoms with Gasteiger partial charge in [0.1, 0.15) is 0 Å². The molecule has 42 heavy (non-hydrogen) atoms. The van der Waals surface area contributed by atoms with Crippen molar-refractivity contribution in [2.45, 2.75) is 124 Å². The molecule has 1 amide bonds. The van der Waals surface area contributed by atoms with Gasteiger partial charge in [0, 0.05) is 19.0 Å². The van der Waals surface area contributed by atoms with Crippen LogP contribution in [-0.2, 0) is 19.0 Å². The first-order chi connectivity index (χ1) is 19.9. The quantitative estimate of drug-likeness (QED) is 0.421. The Labute approximate surface area is 255 Å². The Morgan fingerprint density at radius 1 is 1.02 bits per heavy atom. The second kappa shape index (κ2) is 10.2. The van der Waals surface area contributed by atoms with Gasteiger partial charge in [0.25, 0.3) is 0 Å². The summed E-state index contributed by atoms with van der Waals surface area (Å²) in [7, 11) is 2.07. The van der Waals surface area contributed by atoms with Crippen molar-refractivity contribution in [1.82, 2.24) is 10.2 Å². The van der Waals surface area contributed by atoms with Crippen LogP contribution in [0.4, 0.5) is 0 Å². The molecule has 13 atom stereocenters. The summed E-state index contributed by atoms with van der Waals surface area (Å²) in [4.78, 5) is 14.7. The van der Waals surface area contributed by atoms with Gasteiger partial charge in [-0.1, -0.05) is 48.5 Å². The zero-order chi connectivity index (χ0) is 29.8. The third-order valence-corrected chi connectivity index (χ3v) is 15.2. The highest BCUT2D eigenvalue weighted by Gasteiger charge is 2.84. The summed E-state index contributed by atoms with van der Waals surface area (Å²) in [6, 6.07) is 0. The zero-order valence-electron chi connectivity index (χ0n) is 27.9. The van der Waals surface area contributed by atoms with E-state index in [2.05, 4.69) is 47.0 Å². The van der Waals surface area contributed by atoms with Crippen LogP contribution in [0, 0.1) is 63.1 Å². The number of fused-ring (bicyclic) bond motifs is 4. The summed E-state index contributed by atoms with van der Waals surface area (Å²) in [6.45, 7) is 19.7. The number of morpholine rings is 1. The minimum absolute atomic E-state index is 0.0168. The molecule has 1 N–H and O–H groups in total. The first kappa shape index (κ1) is 30.0. The Kier molecular flexibility index (Phi) is 7.25. The van der Waals surface area contributed by atoms with E-state index in [4.69, 9.17) is 14.2 Å². The van der Waals surface area contributed by atoms with E-state index >= 15 is 0 Å². The van der Waals surface area contributed by atoms with Gasteiger partial charge in [0.15, 0.2) is 6.29 Å². The lowest BCUT2D eigenvalue weighted by molar-refractivity contribution is -0.245. The van der Waals surface area contributed by atoms with E-state index in [-0.39, 0.29) is 29.6 Å². The highest BCUT2D eigenvalue weighted by molar-refractivity contribution is 5.78. The Morgan fingerprint density at radius 2 is 1.81 bits per heavy atom. The fraction of sp³-hybridized carbons (Fsp3) is 0.972. The molecule has 7 fully saturated rings. The molecule has 7 rings (SSSR count).